The lowest BCUT2D eigenvalue weighted by molar-refractivity contribution is 0.184. The zero-order valence-corrected chi connectivity index (χ0v) is 6.40. The van der Waals surface area contributed by atoms with Gasteiger partial charge in [-0.15, -0.1) is 0 Å². The first-order valence-corrected chi connectivity index (χ1v) is 3.29. The molecular formula is C8H7F3O. The Hall–Kier alpha value is -1.19. The van der Waals surface area contributed by atoms with Crippen molar-refractivity contribution in [1.29, 1.82) is 0 Å². The van der Waals surface area contributed by atoms with Crippen LogP contribution in [-0.4, -0.2) is 6.86 Å². The third kappa shape index (κ3) is 1.69. The molecule has 0 bridgehead atoms. The highest BCUT2D eigenvalue weighted by atomic mass is 19.1. The molecule has 1 rings (SSSR count). The SMILES string of the molecule is Cc1cc(OCF)c(F)cc1F. The zero-order chi connectivity index (χ0) is 9.14. The number of alkyl halides is 1. The van der Waals surface area contributed by atoms with E-state index in [4.69, 9.17) is 0 Å². The Morgan fingerprint density at radius 3 is 2.50 bits per heavy atom. The molecule has 0 fully saturated rings. The van der Waals surface area contributed by atoms with E-state index in [1.807, 2.05) is 0 Å². The Kier molecular flexibility index (Phi) is 2.58. The summed E-state index contributed by atoms with van der Waals surface area (Å²) >= 11 is 0. The van der Waals surface area contributed by atoms with Gasteiger partial charge in [0.2, 0.25) is 6.86 Å². The molecule has 0 spiro atoms. The van der Waals surface area contributed by atoms with Crippen LogP contribution in [0.2, 0.25) is 0 Å². The number of ether oxygens (including phenoxy) is 1. The van der Waals surface area contributed by atoms with E-state index in [1.165, 1.54) is 6.92 Å². The van der Waals surface area contributed by atoms with Crippen molar-refractivity contribution < 1.29 is 17.9 Å². The number of rotatable bonds is 2. The summed E-state index contributed by atoms with van der Waals surface area (Å²) in [5, 5.41) is 0. The van der Waals surface area contributed by atoms with E-state index in [0.717, 1.165) is 6.07 Å². The van der Waals surface area contributed by atoms with Gasteiger partial charge in [-0.3, -0.25) is 0 Å². The average molecular weight is 176 g/mol. The highest BCUT2D eigenvalue weighted by Gasteiger charge is 2.07. The van der Waals surface area contributed by atoms with E-state index < -0.39 is 18.5 Å². The minimum absolute atomic E-state index is 0.222. The Balaban J connectivity index is 3.05. The van der Waals surface area contributed by atoms with Crippen molar-refractivity contribution in [2.24, 2.45) is 0 Å². The molecule has 0 atom stereocenters. The Labute approximate surface area is 67.8 Å². The number of hydrogen-bond donors (Lipinski definition) is 0. The minimum atomic E-state index is -1.12. The van der Waals surface area contributed by atoms with Crippen LogP contribution in [0, 0.1) is 18.6 Å². The van der Waals surface area contributed by atoms with Crippen LogP contribution in [0.5, 0.6) is 5.75 Å². The van der Waals surface area contributed by atoms with E-state index >= 15 is 0 Å². The van der Waals surface area contributed by atoms with Crippen LogP contribution in [0.3, 0.4) is 0 Å². The lowest BCUT2D eigenvalue weighted by Crippen LogP contribution is -1.95. The molecule has 1 aromatic rings. The molecule has 0 N–H and O–H groups in total. The van der Waals surface area contributed by atoms with Crippen LogP contribution in [0.1, 0.15) is 5.56 Å². The van der Waals surface area contributed by atoms with Crippen molar-refractivity contribution in [2.75, 3.05) is 6.86 Å². The van der Waals surface area contributed by atoms with Crippen molar-refractivity contribution in [2.45, 2.75) is 6.92 Å². The van der Waals surface area contributed by atoms with E-state index in [0.29, 0.717) is 6.07 Å². The standard InChI is InChI=1S/C8H7F3O/c1-5-2-8(12-4-9)7(11)3-6(5)10/h2-3H,4H2,1H3. The maximum Gasteiger partial charge on any atom is 0.228 e. The van der Waals surface area contributed by atoms with Crippen LogP contribution >= 0.6 is 0 Å². The topological polar surface area (TPSA) is 9.23 Å². The minimum Gasteiger partial charge on any atom is -0.460 e. The fourth-order valence-corrected chi connectivity index (χ4v) is 0.800. The molecule has 0 aliphatic heterocycles. The van der Waals surface area contributed by atoms with Crippen LogP contribution in [0.4, 0.5) is 13.2 Å². The predicted octanol–water partition coefficient (Wildman–Crippen LogP) is 2.58. The Morgan fingerprint density at radius 2 is 1.92 bits per heavy atom. The summed E-state index contributed by atoms with van der Waals surface area (Å²) < 4.78 is 41.2. The normalized spacial score (nSPS) is 10.0. The van der Waals surface area contributed by atoms with Gasteiger partial charge in [0.1, 0.15) is 5.82 Å². The van der Waals surface area contributed by atoms with Gasteiger partial charge in [-0.25, -0.2) is 13.2 Å². The first-order chi connectivity index (χ1) is 5.65. The molecule has 0 saturated carbocycles. The number of hydrogen-bond acceptors (Lipinski definition) is 1. The van der Waals surface area contributed by atoms with Gasteiger partial charge in [0, 0.05) is 6.07 Å². The molecule has 1 nitrogen and oxygen atoms in total. The van der Waals surface area contributed by atoms with E-state index in [-0.39, 0.29) is 11.3 Å². The molecule has 0 aliphatic rings. The largest absolute Gasteiger partial charge is 0.460 e. The summed E-state index contributed by atoms with van der Waals surface area (Å²) in [6.45, 7) is 0.321. The van der Waals surface area contributed by atoms with Crippen molar-refractivity contribution in [3.8, 4) is 5.75 Å². The van der Waals surface area contributed by atoms with Gasteiger partial charge in [-0.1, -0.05) is 0 Å². The smallest absolute Gasteiger partial charge is 0.228 e. The second-order valence-corrected chi connectivity index (χ2v) is 2.29. The van der Waals surface area contributed by atoms with Crippen LogP contribution < -0.4 is 4.74 Å². The average Bonchev–Trinajstić information content (AvgIpc) is 2.01. The third-order valence-corrected chi connectivity index (χ3v) is 1.42. The molecule has 1 aromatic carbocycles. The quantitative estimate of drug-likeness (QED) is 0.672. The maximum absolute atomic E-state index is 12.7. The van der Waals surface area contributed by atoms with Crippen molar-refractivity contribution in [1.82, 2.24) is 0 Å². The number of aryl methyl sites for hydroxylation is 1. The lowest BCUT2D eigenvalue weighted by atomic mass is 10.2. The van der Waals surface area contributed by atoms with Crippen LogP contribution in [0.25, 0.3) is 0 Å². The molecule has 0 amide bonds. The van der Waals surface area contributed by atoms with Crippen molar-refractivity contribution in [3.63, 3.8) is 0 Å². The first kappa shape index (κ1) is 8.90. The van der Waals surface area contributed by atoms with Gasteiger partial charge in [-0.05, 0) is 18.6 Å². The van der Waals surface area contributed by atoms with Gasteiger partial charge < -0.3 is 4.74 Å². The second kappa shape index (κ2) is 3.47. The van der Waals surface area contributed by atoms with Crippen molar-refractivity contribution in [3.05, 3.63) is 29.3 Å². The van der Waals surface area contributed by atoms with Gasteiger partial charge >= 0.3 is 0 Å². The van der Waals surface area contributed by atoms with Gasteiger partial charge in [0.05, 0.1) is 0 Å². The molecule has 0 aromatic heterocycles. The maximum atomic E-state index is 12.7. The molecule has 0 aliphatic carbocycles. The molecule has 0 radical (unpaired) electrons. The number of halogens is 3. The zero-order valence-electron chi connectivity index (χ0n) is 6.40. The summed E-state index contributed by atoms with van der Waals surface area (Å²) in [7, 11) is 0. The second-order valence-electron chi connectivity index (χ2n) is 2.29. The fraction of sp³-hybridized carbons (Fsp3) is 0.250. The highest BCUT2D eigenvalue weighted by Crippen LogP contribution is 2.20. The van der Waals surface area contributed by atoms with Crippen LogP contribution in [-0.2, 0) is 0 Å². The lowest BCUT2D eigenvalue weighted by Gasteiger charge is -2.04. The summed E-state index contributed by atoms with van der Waals surface area (Å²) in [6.07, 6.45) is 0. The van der Waals surface area contributed by atoms with Gasteiger partial charge in [-0.2, -0.15) is 0 Å². The molecule has 66 valence electrons. The molecular weight excluding hydrogens is 169 g/mol. The summed E-state index contributed by atoms with van der Waals surface area (Å²) in [5.41, 5.74) is 0.222. The van der Waals surface area contributed by atoms with Gasteiger partial charge in [0.25, 0.3) is 0 Å². The summed E-state index contributed by atoms with van der Waals surface area (Å²) in [5.74, 6) is -1.83. The van der Waals surface area contributed by atoms with Gasteiger partial charge in [0.15, 0.2) is 11.6 Å². The fourth-order valence-electron chi connectivity index (χ4n) is 0.800. The molecule has 0 saturated heterocycles. The highest BCUT2D eigenvalue weighted by molar-refractivity contribution is 5.30. The van der Waals surface area contributed by atoms with E-state index in [2.05, 4.69) is 4.74 Å². The van der Waals surface area contributed by atoms with E-state index in [9.17, 15) is 13.2 Å². The van der Waals surface area contributed by atoms with E-state index in [1.54, 1.807) is 0 Å². The van der Waals surface area contributed by atoms with Crippen molar-refractivity contribution >= 4 is 0 Å². The third-order valence-electron chi connectivity index (χ3n) is 1.42. The molecule has 0 heterocycles. The Bertz CT molecular complexity index is 286. The summed E-state index contributed by atoms with van der Waals surface area (Å²) in [6, 6.07) is 1.78. The number of benzene rings is 1. The molecule has 4 heteroatoms. The first-order valence-electron chi connectivity index (χ1n) is 3.29. The monoisotopic (exact) mass is 176 g/mol. The Morgan fingerprint density at radius 1 is 1.25 bits per heavy atom. The van der Waals surface area contributed by atoms with Crippen LogP contribution in [0.15, 0.2) is 12.1 Å². The summed E-state index contributed by atoms with van der Waals surface area (Å²) in [4.78, 5) is 0. The molecule has 12 heavy (non-hydrogen) atoms. The molecule has 0 unspecified atom stereocenters. The predicted molar refractivity (Wildman–Crippen MR) is 37.7 cm³/mol.